The van der Waals surface area contributed by atoms with E-state index < -0.39 is 0 Å². The van der Waals surface area contributed by atoms with E-state index in [2.05, 4.69) is 10.2 Å². The number of hydrogen-bond acceptors (Lipinski definition) is 2. The molecule has 0 spiro atoms. The van der Waals surface area contributed by atoms with Gasteiger partial charge in [0.25, 0.3) is 0 Å². The highest BCUT2D eigenvalue weighted by atomic mass is 35.5. The third-order valence-corrected chi connectivity index (χ3v) is 4.18. The van der Waals surface area contributed by atoms with Crippen LogP contribution in [-0.2, 0) is 0 Å². The predicted molar refractivity (Wildman–Crippen MR) is 81.2 cm³/mol. The maximum absolute atomic E-state index is 12.2. The summed E-state index contributed by atoms with van der Waals surface area (Å²) in [5, 5.41) is 3.54. The highest BCUT2D eigenvalue weighted by molar-refractivity contribution is 6.30. The lowest BCUT2D eigenvalue weighted by molar-refractivity contribution is 0.144. The van der Waals surface area contributed by atoms with Crippen LogP contribution in [0.3, 0.4) is 0 Å². The monoisotopic (exact) mass is 293 g/mol. The first kappa shape index (κ1) is 13.7. The molecule has 0 atom stereocenters. The van der Waals surface area contributed by atoms with Crippen LogP contribution >= 0.6 is 11.6 Å². The van der Waals surface area contributed by atoms with E-state index in [1.54, 1.807) is 12.1 Å². The van der Waals surface area contributed by atoms with Gasteiger partial charge in [-0.25, -0.2) is 4.79 Å². The number of carbonyl (C=O) groups is 1. The quantitative estimate of drug-likeness (QED) is 0.930. The second-order valence-electron chi connectivity index (χ2n) is 5.67. The second-order valence-corrected chi connectivity index (χ2v) is 6.11. The molecule has 0 unspecified atom stereocenters. The first-order chi connectivity index (χ1) is 9.70. The van der Waals surface area contributed by atoms with Crippen molar-refractivity contribution in [1.82, 2.24) is 9.80 Å². The van der Waals surface area contributed by atoms with E-state index in [0.717, 1.165) is 37.8 Å². The SMILES string of the molecule is O=C(Nc1cccc(Cl)c1)N1CCN(CC2CC2)CC1. The number of halogens is 1. The number of nitrogens with one attached hydrogen (secondary N) is 1. The molecular weight excluding hydrogens is 274 g/mol. The zero-order valence-corrected chi connectivity index (χ0v) is 12.3. The van der Waals surface area contributed by atoms with E-state index in [-0.39, 0.29) is 6.03 Å². The minimum Gasteiger partial charge on any atom is -0.322 e. The van der Waals surface area contributed by atoms with E-state index >= 15 is 0 Å². The Morgan fingerprint density at radius 2 is 2.00 bits per heavy atom. The summed E-state index contributed by atoms with van der Waals surface area (Å²) in [6.45, 7) is 4.79. The molecule has 0 aromatic heterocycles. The van der Waals surface area contributed by atoms with Crippen LogP contribution < -0.4 is 5.32 Å². The zero-order valence-electron chi connectivity index (χ0n) is 11.5. The van der Waals surface area contributed by atoms with Crippen molar-refractivity contribution in [2.75, 3.05) is 38.0 Å². The molecule has 4 nitrogen and oxygen atoms in total. The van der Waals surface area contributed by atoms with Crippen LogP contribution in [0.5, 0.6) is 0 Å². The molecule has 3 rings (SSSR count). The number of carbonyl (C=O) groups excluding carboxylic acids is 1. The lowest BCUT2D eigenvalue weighted by Gasteiger charge is -2.34. The number of rotatable bonds is 3. The normalized spacial score (nSPS) is 19.9. The largest absolute Gasteiger partial charge is 0.322 e. The van der Waals surface area contributed by atoms with Crippen LogP contribution in [-0.4, -0.2) is 48.6 Å². The number of hydrogen-bond donors (Lipinski definition) is 1. The predicted octanol–water partition coefficient (Wildman–Crippen LogP) is 2.90. The smallest absolute Gasteiger partial charge is 0.321 e. The average molecular weight is 294 g/mol. The molecule has 1 aromatic rings. The van der Waals surface area contributed by atoms with E-state index in [4.69, 9.17) is 11.6 Å². The molecule has 2 amide bonds. The lowest BCUT2D eigenvalue weighted by Crippen LogP contribution is -2.50. The van der Waals surface area contributed by atoms with Gasteiger partial charge in [-0.3, -0.25) is 4.90 Å². The van der Waals surface area contributed by atoms with Gasteiger partial charge in [0.15, 0.2) is 0 Å². The maximum atomic E-state index is 12.2. The Bertz CT molecular complexity index is 482. The molecular formula is C15H20ClN3O. The molecule has 20 heavy (non-hydrogen) atoms. The minimum absolute atomic E-state index is 0.0293. The Morgan fingerprint density at radius 3 is 2.65 bits per heavy atom. The van der Waals surface area contributed by atoms with Gasteiger partial charge in [-0.15, -0.1) is 0 Å². The number of urea groups is 1. The van der Waals surface area contributed by atoms with Crippen molar-refractivity contribution in [3.8, 4) is 0 Å². The van der Waals surface area contributed by atoms with Gasteiger partial charge >= 0.3 is 6.03 Å². The first-order valence-electron chi connectivity index (χ1n) is 7.24. The van der Waals surface area contributed by atoms with Crippen LogP contribution in [0.1, 0.15) is 12.8 Å². The van der Waals surface area contributed by atoms with Gasteiger partial charge in [0.2, 0.25) is 0 Å². The summed E-state index contributed by atoms with van der Waals surface area (Å²) in [5.74, 6) is 0.918. The fraction of sp³-hybridized carbons (Fsp3) is 0.533. The standard InChI is InChI=1S/C15H20ClN3O/c16-13-2-1-3-14(10-13)17-15(20)19-8-6-18(7-9-19)11-12-4-5-12/h1-3,10,12H,4-9,11H2,(H,17,20). The number of amides is 2. The van der Waals surface area contributed by atoms with E-state index in [9.17, 15) is 4.79 Å². The van der Waals surface area contributed by atoms with Crippen molar-refractivity contribution in [3.63, 3.8) is 0 Å². The van der Waals surface area contributed by atoms with Crippen LogP contribution in [0.25, 0.3) is 0 Å². The van der Waals surface area contributed by atoms with Crippen molar-refractivity contribution in [2.24, 2.45) is 5.92 Å². The molecule has 1 aliphatic carbocycles. The van der Waals surface area contributed by atoms with Gasteiger partial charge in [-0.2, -0.15) is 0 Å². The molecule has 0 bridgehead atoms. The van der Waals surface area contributed by atoms with Gasteiger partial charge in [0.1, 0.15) is 0 Å². The Morgan fingerprint density at radius 1 is 1.25 bits per heavy atom. The van der Waals surface area contributed by atoms with Crippen molar-refractivity contribution in [3.05, 3.63) is 29.3 Å². The minimum atomic E-state index is -0.0293. The fourth-order valence-electron chi connectivity index (χ4n) is 2.57. The van der Waals surface area contributed by atoms with Crippen molar-refractivity contribution in [1.29, 1.82) is 0 Å². The molecule has 1 aromatic carbocycles. The zero-order chi connectivity index (χ0) is 13.9. The number of piperazine rings is 1. The Kier molecular flexibility index (Phi) is 4.13. The Labute approximate surface area is 124 Å². The molecule has 108 valence electrons. The maximum Gasteiger partial charge on any atom is 0.321 e. The molecule has 1 saturated heterocycles. The molecule has 1 saturated carbocycles. The number of nitrogens with zero attached hydrogens (tertiary/aromatic N) is 2. The summed E-state index contributed by atoms with van der Waals surface area (Å²) in [7, 11) is 0. The van der Waals surface area contributed by atoms with Gasteiger partial charge in [0, 0.05) is 43.4 Å². The van der Waals surface area contributed by atoms with Crippen molar-refractivity contribution < 1.29 is 4.79 Å². The third kappa shape index (κ3) is 3.64. The van der Waals surface area contributed by atoms with Gasteiger partial charge in [-0.1, -0.05) is 17.7 Å². The van der Waals surface area contributed by atoms with Gasteiger partial charge < -0.3 is 10.2 Å². The van der Waals surface area contributed by atoms with Crippen LogP contribution in [0.2, 0.25) is 5.02 Å². The van der Waals surface area contributed by atoms with Crippen molar-refractivity contribution >= 4 is 23.3 Å². The number of benzene rings is 1. The van der Waals surface area contributed by atoms with E-state index in [1.165, 1.54) is 19.4 Å². The molecule has 1 aliphatic heterocycles. The molecule has 1 heterocycles. The van der Waals surface area contributed by atoms with Crippen LogP contribution in [0.4, 0.5) is 10.5 Å². The van der Waals surface area contributed by atoms with E-state index in [0.29, 0.717) is 5.02 Å². The molecule has 2 fully saturated rings. The summed E-state index contributed by atoms with van der Waals surface area (Å²) >= 11 is 5.92. The van der Waals surface area contributed by atoms with E-state index in [1.807, 2.05) is 17.0 Å². The first-order valence-corrected chi connectivity index (χ1v) is 7.62. The molecule has 1 N–H and O–H groups in total. The highest BCUT2D eigenvalue weighted by Crippen LogP contribution is 2.29. The fourth-order valence-corrected chi connectivity index (χ4v) is 2.76. The summed E-state index contributed by atoms with van der Waals surface area (Å²) in [6, 6.07) is 7.23. The Balaban J connectivity index is 1.48. The molecule has 5 heteroatoms. The summed E-state index contributed by atoms with van der Waals surface area (Å²) in [4.78, 5) is 16.5. The Hall–Kier alpha value is -1.26. The topological polar surface area (TPSA) is 35.6 Å². The van der Waals surface area contributed by atoms with Crippen LogP contribution in [0.15, 0.2) is 24.3 Å². The summed E-state index contributed by atoms with van der Waals surface area (Å²) < 4.78 is 0. The third-order valence-electron chi connectivity index (χ3n) is 3.95. The van der Waals surface area contributed by atoms with Gasteiger partial charge in [-0.05, 0) is 37.0 Å². The van der Waals surface area contributed by atoms with Crippen molar-refractivity contribution in [2.45, 2.75) is 12.8 Å². The summed E-state index contributed by atoms with van der Waals surface area (Å²) in [5.41, 5.74) is 0.753. The highest BCUT2D eigenvalue weighted by Gasteiger charge is 2.27. The number of anilines is 1. The van der Waals surface area contributed by atoms with Crippen LogP contribution in [0, 0.1) is 5.92 Å². The molecule has 2 aliphatic rings. The summed E-state index contributed by atoms with van der Waals surface area (Å²) in [6.07, 6.45) is 2.77. The average Bonchev–Trinajstić information content (AvgIpc) is 3.23. The molecule has 0 radical (unpaired) electrons. The second kappa shape index (κ2) is 6.02. The van der Waals surface area contributed by atoms with Gasteiger partial charge in [0.05, 0.1) is 0 Å². The lowest BCUT2D eigenvalue weighted by atomic mass is 10.3.